The number of benzene rings is 1. The summed E-state index contributed by atoms with van der Waals surface area (Å²) in [7, 11) is 1.95. The summed E-state index contributed by atoms with van der Waals surface area (Å²) < 4.78 is 0. The zero-order chi connectivity index (χ0) is 19.2. The second-order valence-electron chi connectivity index (χ2n) is 6.49. The van der Waals surface area contributed by atoms with Crippen molar-refractivity contribution in [3.8, 4) is 0 Å². The van der Waals surface area contributed by atoms with Gasteiger partial charge < -0.3 is 10.2 Å². The van der Waals surface area contributed by atoms with Crippen LogP contribution in [0, 0.1) is 13.8 Å². The van der Waals surface area contributed by atoms with Crippen molar-refractivity contribution >= 4 is 17.4 Å². The van der Waals surface area contributed by atoms with Crippen LogP contribution in [0.1, 0.15) is 27.2 Å². The van der Waals surface area contributed by atoms with E-state index in [9.17, 15) is 4.79 Å². The summed E-state index contributed by atoms with van der Waals surface area (Å²) in [5.41, 5.74) is 4.53. The van der Waals surface area contributed by atoms with Crippen LogP contribution in [0.2, 0.25) is 0 Å². The lowest BCUT2D eigenvalue weighted by Crippen LogP contribution is -2.23. The Bertz CT molecular complexity index is 927. The van der Waals surface area contributed by atoms with Gasteiger partial charge in [0.15, 0.2) is 0 Å². The summed E-state index contributed by atoms with van der Waals surface area (Å²) in [6, 6.07) is 11.5. The Morgan fingerprint density at radius 1 is 1.11 bits per heavy atom. The van der Waals surface area contributed by atoms with Crippen molar-refractivity contribution in [3.05, 3.63) is 77.5 Å². The molecule has 2 aromatic heterocycles. The molecule has 0 saturated carbocycles. The number of aromatic nitrogens is 3. The first kappa shape index (κ1) is 18.5. The third-order valence-corrected chi connectivity index (χ3v) is 4.61. The molecule has 3 aromatic rings. The number of nitrogens with one attached hydrogen (secondary N) is 1. The molecule has 27 heavy (non-hydrogen) atoms. The molecule has 3 rings (SSSR count). The van der Waals surface area contributed by atoms with Crippen LogP contribution in [0.3, 0.4) is 0 Å². The molecular weight excluding hydrogens is 338 g/mol. The monoisotopic (exact) mass is 361 g/mol. The average molecular weight is 361 g/mol. The van der Waals surface area contributed by atoms with Crippen molar-refractivity contribution in [1.29, 1.82) is 0 Å². The molecule has 138 valence electrons. The van der Waals surface area contributed by atoms with Crippen LogP contribution in [-0.4, -0.2) is 34.5 Å². The highest BCUT2D eigenvalue weighted by Gasteiger charge is 2.12. The number of rotatable bonds is 6. The minimum atomic E-state index is -0.241. The van der Waals surface area contributed by atoms with Crippen LogP contribution in [0.5, 0.6) is 0 Å². The van der Waals surface area contributed by atoms with Crippen molar-refractivity contribution < 1.29 is 4.79 Å². The summed E-state index contributed by atoms with van der Waals surface area (Å²) >= 11 is 0. The quantitative estimate of drug-likeness (QED) is 0.728. The van der Waals surface area contributed by atoms with E-state index < -0.39 is 0 Å². The third-order valence-electron chi connectivity index (χ3n) is 4.61. The number of nitrogens with zero attached hydrogens (tertiary/aromatic N) is 4. The van der Waals surface area contributed by atoms with Crippen LogP contribution in [0.25, 0.3) is 0 Å². The number of hydrogen-bond acceptors (Lipinski definition) is 5. The van der Waals surface area contributed by atoms with Gasteiger partial charge in [0, 0.05) is 37.7 Å². The van der Waals surface area contributed by atoms with Crippen LogP contribution in [0.15, 0.2) is 55.1 Å². The maximum atomic E-state index is 12.6. The summed E-state index contributed by atoms with van der Waals surface area (Å²) in [5.74, 6) is 0.472. The van der Waals surface area contributed by atoms with E-state index in [0.717, 1.165) is 29.8 Å². The number of likely N-dealkylation sites (N-methyl/N-ethyl adjacent to an activating group) is 1. The molecule has 2 heterocycles. The third kappa shape index (κ3) is 4.67. The van der Waals surface area contributed by atoms with Gasteiger partial charge in [-0.1, -0.05) is 12.1 Å². The lowest BCUT2D eigenvalue weighted by molar-refractivity contribution is 0.102. The Labute approximate surface area is 159 Å². The van der Waals surface area contributed by atoms with E-state index in [2.05, 4.69) is 20.3 Å². The van der Waals surface area contributed by atoms with Crippen molar-refractivity contribution in [1.82, 2.24) is 15.0 Å². The molecule has 0 radical (unpaired) electrons. The lowest BCUT2D eigenvalue weighted by atomic mass is 10.1. The molecule has 1 N–H and O–H groups in total. The van der Waals surface area contributed by atoms with Crippen molar-refractivity contribution in [2.45, 2.75) is 20.3 Å². The van der Waals surface area contributed by atoms with Gasteiger partial charge in [-0.05, 0) is 55.2 Å². The van der Waals surface area contributed by atoms with Crippen molar-refractivity contribution in [2.75, 3.05) is 23.8 Å². The highest BCUT2D eigenvalue weighted by Crippen LogP contribution is 2.19. The number of hydrogen-bond donors (Lipinski definition) is 1. The van der Waals surface area contributed by atoms with Crippen LogP contribution in [0.4, 0.5) is 11.5 Å². The Hall–Kier alpha value is -3.28. The molecule has 6 nitrogen and oxygen atoms in total. The van der Waals surface area contributed by atoms with Gasteiger partial charge in [0.1, 0.15) is 17.8 Å². The number of aryl methyl sites for hydroxylation is 1. The molecule has 0 aliphatic carbocycles. The van der Waals surface area contributed by atoms with Crippen LogP contribution >= 0.6 is 0 Å². The molecule has 0 unspecified atom stereocenters. The van der Waals surface area contributed by atoms with Crippen molar-refractivity contribution in [3.63, 3.8) is 0 Å². The van der Waals surface area contributed by atoms with E-state index in [0.29, 0.717) is 11.5 Å². The van der Waals surface area contributed by atoms with Gasteiger partial charge >= 0.3 is 0 Å². The van der Waals surface area contributed by atoms with Gasteiger partial charge in [-0.25, -0.2) is 9.97 Å². The summed E-state index contributed by atoms with van der Waals surface area (Å²) in [6.45, 7) is 4.79. The molecule has 0 aliphatic rings. The second-order valence-corrected chi connectivity index (χ2v) is 6.49. The predicted octanol–water partition coefficient (Wildman–Crippen LogP) is 3.42. The van der Waals surface area contributed by atoms with E-state index in [1.165, 1.54) is 11.9 Å². The fraction of sp³-hybridized carbons (Fsp3) is 0.238. The van der Waals surface area contributed by atoms with Gasteiger partial charge in [-0.2, -0.15) is 0 Å². The van der Waals surface area contributed by atoms with E-state index in [4.69, 9.17) is 0 Å². The zero-order valence-corrected chi connectivity index (χ0v) is 15.8. The summed E-state index contributed by atoms with van der Waals surface area (Å²) in [6.07, 6.45) is 5.87. The Balaban J connectivity index is 1.69. The standard InChI is InChI=1S/C21H23N5O/c1-15-5-4-6-18(16(15)2)25-21(27)19-13-20(24-14-23-19)26(3)12-9-17-7-10-22-11-8-17/h4-8,10-11,13-14H,9,12H2,1-3H3,(H,25,27). The largest absolute Gasteiger partial charge is 0.359 e. The van der Waals surface area contributed by atoms with Crippen LogP contribution < -0.4 is 10.2 Å². The number of carbonyl (C=O) groups is 1. The summed E-state index contributed by atoms with van der Waals surface area (Å²) in [4.78, 5) is 27.1. The topological polar surface area (TPSA) is 71.0 Å². The maximum Gasteiger partial charge on any atom is 0.274 e. The minimum absolute atomic E-state index is 0.241. The molecule has 6 heteroatoms. The Morgan fingerprint density at radius 2 is 1.89 bits per heavy atom. The van der Waals surface area contributed by atoms with E-state index in [1.54, 1.807) is 18.5 Å². The SMILES string of the molecule is Cc1cccc(NC(=O)c2cc(N(C)CCc3ccncc3)ncn2)c1C. The molecule has 0 spiro atoms. The molecule has 1 aromatic carbocycles. The van der Waals surface area contributed by atoms with E-state index >= 15 is 0 Å². The zero-order valence-electron chi connectivity index (χ0n) is 15.8. The summed E-state index contributed by atoms with van der Waals surface area (Å²) in [5, 5.41) is 2.94. The fourth-order valence-electron chi connectivity index (χ4n) is 2.71. The molecule has 1 amide bonds. The second kappa shape index (κ2) is 8.40. The first-order chi connectivity index (χ1) is 13.0. The van der Waals surface area contributed by atoms with Crippen molar-refractivity contribution in [2.24, 2.45) is 0 Å². The van der Waals surface area contributed by atoms with Gasteiger partial charge in [-0.15, -0.1) is 0 Å². The van der Waals surface area contributed by atoms with Crippen LogP contribution in [-0.2, 0) is 6.42 Å². The van der Waals surface area contributed by atoms with E-state index in [1.807, 2.05) is 56.1 Å². The minimum Gasteiger partial charge on any atom is -0.359 e. The molecule has 0 atom stereocenters. The molecule has 0 aliphatic heterocycles. The lowest BCUT2D eigenvalue weighted by Gasteiger charge is -2.18. The number of pyridine rings is 1. The highest BCUT2D eigenvalue weighted by atomic mass is 16.1. The fourth-order valence-corrected chi connectivity index (χ4v) is 2.71. The molecular formula is C21H23N5O. The van der Waals surface area contributed by atoms with Gasteiger partial charge in [-0.3, -0.25) is 9.78 Å². The number of amides is 1. The average Bonchev–Trinajstić information content (AvgIpc) is 2.70. The van der Waals surface area contributed by atoms with Gasteiger partial charge in [0.25, 0.3) is 5.91 Å². The first-order valence-electron chi connectivity index (χ1n) is 8.84. The number of carbonyl (C=O) groups excluding carboxylic acids is 1. The molecule has 0 fully saturated rings. The Kier molecular flexibility index (Phi) is 5.76. The normalized spacial score (nSPS) is 10.5. The molecule has 0 saturated heterocycles. The Morgan fingerprint density at radius 3 is 2.67 bits per heavy atom. The highest BCUT2D eigenvalue weighted by molar-refractivity contribution is 6.03. The smallest absolute Gasteiger partial charge is 0.274 e. The molecule has 0 bridgehead atoms. The number of anilines is 2. The van der Waals surface area contributed by atoms with E-state index in [-0.39, 0.29) is 5.91 Å². The van der Waals surface area contributed by atoms with Gasteiger partial charge in [0.05, 0.1) is 0 Å². The predicted molar refractivity (Wildman–Crippen MR) is 107 cm³/mol. The van der Waals surface area contributed by atoms with Gasteiger partial charge in [0.2, 0.25) is 0 Å². The first-order valence-corrected chi connectivity index (χ1v) is 8.84. The maximum absolute atomic E-state index is 12.6.